The van der Waals surface area contributed by atoms with Crippen molar-refractivity contribution in [2.45, 2.75) is 13.0 Å². The second-order valence-electron chi connectivity index (χ2n) is 5.34. The van der Waals surface area contributed by atoms with Crippen molar-refractivity contribution in [3.8, 4) is 11.5 Å². The Labute approximate surface area is 136 Å². The Balaban J connectivity index is 2.03. The molecule has 0 N–H and O–H groups in total. The number of rotatable bonds is 5. The van der Waals surface area contributed by atoms with Crippen LogP contribution in [0.1, 0.15) is 18.5 Å². The zero-order valence-corrected chi connectivity index (χ0v) is 14.1. The highest BCUT2D eigenvalue weighted by atomic mass is 35.5. The molecule has 0 aromatic heterocycles. The molecule has 0 spiro atoms. The van der Waals surface area contributed by atoms with Gasteiger partial charge in [0.25, 0.3) is 0 Å². The van der Waals surface area contributed by atoms with Gasteiger partial charge in [-0.3, -0.25) is 9.69 Å². The molecule has 1 aromatic carbocycles. The number of ether oxygens (including phenoxy) is 2. The maximum Gasteiger partial charge on any atom is 0.237 e. The van der Waals surface area contributed by atoms with E-state index in [1.165, 1.54) is 5.56 Å². The van der Waals surface area contributed by atoms with Gasteiger partial charge in [0, 0.05) is 32.2 Å². The van der Waals surface area contributed by atoms with Crippen molar-refractivity contribution in [1.82, 2.24) is 9.80 Å². The molecular formula is C16H23ClN2O3. The van der Waals surface area contributed by atoms with Crippen LogP contribution in [-0.2, 0) is 4.79 Å². The number of carbonyl (C=O) groups is 1. The van der Waals surface area contributed by atoms with Crippen LogP contribution in [0, 0.1) is 0 Å². The summed E-state index contributed by atoms with van der Waals surface area (Å²) in [4.78, 5) is 15.8. The van der Waals surface area contributed by atoms with Gasteiger partial charge in [0.05, 0.1) is 14.2 Å². The number of methoxy groups -OCH3 is 2. The van der Waals surface area contributed by atoms with Gasteiger partial charge in [0.1, 0.15) is 5.88 Å². The van der Waals surface area contributed by atoms with Crippen LogP contribution in [0.5, 0.6) is 11.5 Å². The number of hydrogen-bond donors (Lipinski definition) is 0. The van der Waals surface area contributed by atoms with Crippen LogP contribution in [-0.4, -0.2) is 62.0 Å². The average Bonchev–Trinajstić information content (AvgIpc) is 2.59. The second kappa shape index (κ2) is 7.70. The van der Waals surface area contributed by atoms with Gasteiger partial charge < -0.3 is 14.4 Å². The fourth-order valence-corrected chi connectivity index (χ4v) is 2.94. The fraction of sp³-hybridized carbons (Fsp3) is 0.562. The molecule has 5 nitrogen and oxygen atoms in total. The molecule has 6 heteroatoms. The van der Waals surface area contributed by atoms with Crippen molar-refractivity contribution in [2.75, 3.05) is 46.3 Å². The Kier molecular flexibility index (Phi) is 5.91. The van der Waals surface area contributed by atoms with E-state index in [1.54, 1.807) is 14.2 Å². The summed E-state index contributed by atoms with van der Waals surface area (Å²) in [5.41, 5.74) is 1.18. The van der Waals surface area contributed by atoms with E-state index in [2.05, 4.69) is 17.9 Å². The van der Waals surface area contributed by atoms with E-state index in [9.17, 15) is 4.79 Å². The predicted molar refractivity (Wildman–Crippen MR) is 86.8 cm³/mol. The van der Waals surface area contributed by atoms with Crippen LogP contribution < -0.4 is 9.47 Å². The minimum atomic E-state index is 0.0140. The summed E-state index contributed by atoms with van der Waals surface area (Å²) in [7, 11) is 3.27. The van der Waals surface area contributed by atoms with Crippen molar-refractivity contribution >= 4 is 17.5 Å². The van der Waals surface area contributed by atoms with Gasteiger partial charge >= 0.3 is 0 Å². The fourth-order valence-electron chi connectivity index (χ4n) is 2.77. The predicted octanol–water partition coefficient (Wildman–Crippen LogP) is 2.15. The molecular weight excluding hydrogens is 304 g/mol. The van der Waals surface area contributed by atoms with Crippen molar-refractivity contribution in [2.24, 2.45) is 0 Å². The monoisotopic (exact) mass is 326 g/mol. The molecule has 2 rings (SSSR count). The summed E-state index contributed by atoms with van der Waals surface area (Å²) in [6.07, 6.45) is 0. The molecule has 1 fully saturated rings. The maximum absolute atomic E-state index is 11.6. The topological polar surface area (TPSA) is 42.0 Å². The van der Waals surface area contributed by atoms with Gasteiger partial charge in [-0.1, -0.05) is 6.07 Å². The van der Waals surface area contributed by atoms with E-state index in [0.29, 0.717) is 0 Å². The van der Waals surface area contributed by atoms with E-state index < -0.39 is 0 Å². The first-order chi connectivity index (χ1) is 10.6. The van der Waals surface area contributed by atoms with Crippen molar-refractivity contribution in [3.05, 3.63) is 23.8 Å². The Hall–Kier alpha value is -1.46. The van der Waals surface area contributed by atoms with Crippen LogP contribution >= 0.6 is 11.6 Å². The summed E-state index contributed by atoms with van der Waals surface area (Å²) in [5, 5.41) is 0. The first-order valence-corrected chi connectivity index (χ1v) is 7.93. The van der Waals surface area contributed by atoms with Gasteiger partial charge in [-0.25, -0.2) is 0 Å². The summed E-state index contributed by atoms with van der Waals surface area (Å²) in [5.74, 6) is 1.55. The van der Waals surface area contributed by atoms with Gasteiger partial charge in [0.2, 0.25) is 5.91 Å². The average molecular weight is 327 g/mol. The second-order valence-corrected chi connectivity index (χ2v) is 5.61. The zero-order chi connectivity index (χ0) is 16.1. The quantitative estimate of drug-likeness (QED) is 0.778. The zero-order valence-electron chi connectivity index (χ0n) is 13.3. The molecule has 1 aromatic rings. The molecule has 1 amide bonds. The Bertz CT molecular complexity index is 516. The van der Waals surface area contributed by atoms with E-state index in [4.69, 9.17) is 21.1 Å². The number of hydrogen-bond acceptors (Lipinski definition) is 4. The van der Waals surface area contributed by atoms with Gasteiger partial charge in [-0.2, -0.15) is 0 Å². The molecule has 122 valence electrons. The first kappa shape index (κ1) is 16.9. The molecule has 0 bridgehead atoms. The molecule has 1 atom stereocenters. The number of nitrogens with zero attached hydrogens (tertiary/aromatic N) is 2. The SMILES string of the molecule is COc1ccc([C@H](C)N2CCN(C(=O)CCl)CC2)cc1OC. The van der Waals surface area contributed by atoms with E-state index in [0.717, 1.165) is 37.7 Å². The van der Waals surface area contributed by atoms with Crippen LogP contribution in [0.25, 0.3) is 0 Å². The van der Waals surface area contributed by atoms with Crippen LogP contribution in [0.2, 0.25) is 0 Å². The van der Waals surface area contributed by atoms with Crippen molar-refractivity contribution < 1.29 is 14.3 Å². The number of halogens is 1. The Morgan fingerprint density at radius 2 is 1.82 bits per heavy atom. The van der Waals surface area contributed by atoms with Crippen LogP contribution in [0.15, 0.2) is 18.2 Å². The third kappa shape index (κ3) is 3.65. The first-order valence-electron chi connectivity index (χ1n) is 7.40. The number of alkyl halides is 1. The maximum atomic E-state index is 11.6. The third-order valence-corrected chi connectivity index (χ3v) is 4.45. The largest absolute Gasteiger partial charge is 0.493 e. The standard InChI is InChI=1S/C16H23ClN2O3/c1-12(13-4-5-14(21-2)15(10-13)22-3)18-6-8-19(9-7-18)16(20)11-17/h4-5,10,12H,6-9,11H2,1-3H3/t12-/m0/s1. The lowest BCUT2D eigenvalue weighted by molar-refractivity contribution is -0.130. The summed E-state index contributed by atoms with van der Waals surface area (Å²) >= 11 is 5.61. The van der Waals surface area contributed by atoms with Crippen LogP contribution in [0.4, 0.5) is 0 Å². The number of amides is 1. The lowest BCUT2D eigenvalue weighted by atomic mass is 10.1. The smallest absolute Gasteiger partial charge is 0.237 e. The minimum Gasteiger partial charge on any atom is -0.493 e. The molecule has 0 saturated carbocycles. The summed E-state index contributed by atoms with van der Waals surface area (Å²) < 4.78 is 10.6. The summed E-state index contributed by atoms with van der Waals surface area (Å²) in [6.45, 7) is 5.31. The molecule has 0 radical (unpaired) electrons. The highest BCUT2D eigenvalue weighted by Gasteiger charge is 2.24. The molecule has 0 unspecified atom stereocenters. The lowest BCUT2D eigenvalue weighted by Gasteiger charge is -2.38. The normalized spacial score (nSPS) is 17.2. The minimum absolute atomic E-state index is 0.0140. The molecule has 0 aliphatic carbocycles. The molecule has 1 aliphatic rings. The highest BCUT2D eigenvalue weighted by Crippen LogP contribution is 2.32. The van der Waals surface area contributed by atoms with Gasteiger partial charge in [-0.15, -0.1) is 11.6 Å². The van der Waals surface area contributed by atoms with E-state index in [1.807, 2.05) is 17.0 Å². The lowest BCUT2D eigenvalue weighted by Crippen LogP contribution is -2.49. The highest BCUT2D eigenvalue weighted by molar-refractivity contribution is 6.27. The number of benzene rings is 1. The summed E-state index contributed by atoms with van der Waals surface area (Å²) in [6, 6.07) is 6.26. The van der Waals surface area contributed by atoms with E-state index >= 15 is 0 Å². The third-order valence-electron chi connectivity index (χ3n) is 4.22. The van der Waals surface area contributed by atoms with Gasteiger partial charge in [0.15, 0.2) is 11.5 Å². The van der Waals surface area contributed by atoms with Crippen LogP contribution in [0.3, 0.4) is 0 Å². The molecule has 1 aliphatic heterocycles. The van der Waals surface area contributed by atoms with E-state index in [-0.39, 0.29) is 17.8 Å². The Morgan fingerprint density at radius 1 is 1.18 bits per heavy atom. The Morgan fingerprint density at radius 3 is 2.36 bits per heavy atom. The molecule has 1 saturated heterocycles. The van der Waals surface area contributed by atoms with Crippen molar-refractivity contribution in [1.29, 1.82) is 0 Å². The molecule has 1 heterocycles. The van der Waals surface area contributed by atoms with Crippen molar-refractivity contribution in [3.63, 3.8) is 0 Å². The molecule has 22 heavy (non-hydrogen) atoms. The van der Waals surface area contributed by atoms with Gasteiger partial charge in [-0.05, 0) is 24.6 Å². The number of carbonyl (C=O) groups excluding carboxylic acids is 1. The number of piperazine rings is 1.